The molecule has 1 heterocycles. The molecule has 1 aliphatic carbocycles. The smallest absolute Gasteiger partial charge is 0.356 e. The van der Waals surface area contributed by atoms with Crippen molar-refractivity contribution in [2.24, 2.45) is 0 Å². The van der Waals surface area contributed by atoms with Crippen molar-refractivity contribution in [3.05, 3.63) is 18.0 Å². The van der Waals surface area contributed by atoms with Crippen LogP contribution in [-0.2, 0) is 11.3 Å². The number of carbonyl (C=O) groups is 2. The van der Waals surface area contributed by atoms with Gasteiger partial charge in [-0.05, 0) is 25.8 Å². The van der Waals surface area contributed by atoms with Crippen LogP contribution in [0.5, 0.6) is 0 Å². The number of carboxylic acid groups (broad SMARTS) is 1. The van der Waals surface area contributed by atoms with Gasteiger partial charge in [-0.15, -0.1) is 0 Å². The van der Waals surface area contributed by atoms with Gasteiger partial charge in [-0.25, -0.2) is 4.79 Å². The molecule has 17 heavy (non-hydrogen) atoms. The highest BCUT2D eigenvalue weighted by atomic mass is 16.4. The summed E-state index contributed by atoms with van der Waals surface area (Å²) in [6.45, 7) is 2.75. The molecule has 1 aromatic rings. The standard InChI is InChI=1S/C11H15N3O3/c1-2-14(8-3-4-8)10(15)7-13-6-5-9(12-13)11(16)17/h5-6,8H,2-4,7H2,1H3,(H,16,17). The molecule has 92 valence electrons. The van der Waals surface area contributed by atoms with E-state index in [9.17, 15) is 9.59 Å². The van der Waals surface area contributed by atoms with E-state index in [1.165, 1.54) is 16.9 Å². The maximum Gasteiger partial charge on any atom is 0.356 e. The largest absolute Gasteiger partial charge is 0.476 e. The number of aromatic carboxylic acids is 1. The number of aromatic nitrogens is 2. The number of carbonyl (C=O) groups excluding carboxylic acids is 1. The Kier molecular flexibility index (Phi) is 3.12. The van der Waals surface area contributed by atoms with Crippen molar-refractivity contribution in [3.63, 3.8) is 0 Å². The van der Waals surface area contributed by atoms with Crippen LogP contribution in [0.4, 0.5) is 0 Å². The topological polar surface area (TPSA) is 75.4 Å². The van der Waals surface area contributed by atoms with E-state index in [-0.39, 0.29) is 18.1 Å². The number of nitrogens with zero attached hydrogens (tertiary/aromatic N) is 3. The summed E-state index contributed by atoms with van der Waals surface area (Å²) in [6, 6.07) is 1.77. The third kappa shape index (κ3) is 2.64. The minimum absolute atomic E-state index is 0.00459. The highest BCUT2D eigenvalue weighted by Gasteiger charge is 2.31. The first kappa shape index (κ1) is 11.6. The van der Waals surface area contributed by atoms with Gasteiger partial charge in [0.1, 0.15) is 6.54 Å². The molecule has 1 fully saturated rings. The molecule has 1 saturated carbocycles. The highest BCUT2D eigenvalue weighted by Crippen LogP contribution is 2.26. The zero-order chi connectivity index (χ0) is 12.4. The van der Waals surface area contributed by atoms with Gasteiger partial charge in [0.25, 0.3) is 0 Å². The second-order valence-corrected chi connectivity index (χ2v) is 4.11. The maximum absolute atomic E-state index is 11.9. The lowest BCUT2D eigenvalue weighted by atomic mass is 10.4. The Morgan fingerprint density at radius 1 is 1.59 bits per heavy atom. The Balaban J connectivity index is 1.99. The molecule has 0 bridgehead atoms. The van der Waals surface area contributed by atoms with E-state index in [4.69, 9.17) is 5.11 Å². The molecule has 0 aliphatic heterocycles. The van der Waals surface area contributed by atoms with Gasteiger partial charge >= 0.3 is 5.97 Å². The van der Waals surface area contributed by atoms with Crippen LogP contribution in [0, 0.1) is 0 Å². The molecule has 2 rings (SSSR count). The van der Waals surface area contributed by atoms with Gasteiger partial charge in [0, 0.05) is 18.8 Å². The molecule has 0 unspecified atom stereocenters. The number of hydrogen-bond donors (Lipinski definition) is 1. The van der Waals surface area contributed by atoms with E-state index in [0.29, 0.717) is 12.6 Å². The van der Waals surface area contributed by atoms with E-state index in [1.54, 1.807) is 0 Å². The van der Waals surface area contributed by atoms with Gasteiger partial charge < -0.3 is 10.0 Å². The van der Waals surface area contributed by atoms with E-state index in [2.05, 4.69) is 5.10 Å². The molecule has 0 radical (unpaired) electrons. The molecule has 6 heteroatoms. The monoisotopic (exact) mass is 237 g/mol. The van der Waals surface area contributed by atoms with Crippen LogP contribution in [0.3, 0.4) is 0 Å². The predicted octanol–water partition coefficient (Wildman–Crippen LogP) is 0.592. The van der Waals surface area contributed by atoms with E-state index >= 15 is 0 Å². The quantitative estimate of drug-likeness (QED) is 0.813. The Morgan fingerprint density at radius 3 is 2.76 bits per heavy atom. The van der Waals surface area contributed by atoms with Crippen LogP contribution in [0.1, 0.15) is 30.3 Å². The van der Waals surface area contributed by atoms with Crippen molar-refractivity contribution in [1.29, 1.82) is 0 Å². The molecule has 6 nitrogen and oxygen atoms in total. The summed E-state index contributed by atoms with van der Waals surface area (Å²) < 4.78 is 1.37. The average molecular weight is 237 g/mol. The summed E-state index contributed by atoms with van der Waals surface area (Å²) in [5.74, 6) is -1.08. The van der Waals surface area contributed by atoms with Crippen molar-refractivity contribution < 1.29 is 14.7 Å². The van der Waals surface area contributed by atoms with Crippen LogP contribution in [0.25, 0.3) is 0 Å². The number of hydrogen-bond acceptors (Lipinski definition) is 3. The van der Waals surface area contributed by atoms with Gasteiger partial charge in [-0.1, -0.05) is 0 Å². The molecule has 0 saturated heterocycles. The Morgan fingerprint density at radius 2 is 2.29 bits per heavy atom. The van der Waals surface area contributed by atoms with E-state index in [0.717, 1.165) is 12.8 Å². The van der Waals surface area contributed by atoms with Crippen molar-refractivity contribution in [1.82, 2.24) is 14.7 Å². The minimum atomic E-state index is -1.08. The normalized spacial score (nSPS) is 14.6. The van der Waals surface area contributed by atoms with Crippen LogP contribution in [0.2, 0.25) is 0 Å². The summed E-state index contributed by atoms with van der Waals surface area (Å²) >= 11 is 0. The lowest BCUT2D eigenvalue weighted by Gasteiger charge is -2.20. The number of carboxylic acids is 1. The van der Waals surface area contributed by atoms with Gasteiger partial charge in [-0.2, -0.15) is 5.10 Å². The second-order valence-electron chi connectivity index (χ2n) is 4.11. The highest BCUT2D eigenvalue weighted by molar-refractivity contribution is 5.85. The Hall–Kier alpha value is -1.85. The lowest BCUT2D eigenvalue weighted by Crippen LogP contribution is -2.35. The zero-order valence-electron chi connectivity index (χ0n) is 9.67. The van der Waals surface area contributed by atoms with Gasteiger partial charge in [0.15, 0.2) is 5.69 Å². The average Bonchev–Trinajstić information content (AvgIpc) is 2.98. The zero-order valence-corrected chi connectivity index (χ0v) is 9.67. The van der Waals surface area contributed by atoms with Gasteiger partial charge in [0.05, 0.1) is 0 Å². The number of likely N-dealkylation sites (N-methyl/N-ethyl adjacent to an activating group) is 1. The summed E-state index contributed by atoms with van der Waals surface area (Å²) in [5, 5.41) is 12.5. The number of amides is 1. The molecule has 1 N–H and O–H groups in total. The van der Waals surface area contributed by atoms with Crippen molar-refractivity contribution in [3.8, 4) is 0 Å². The molecule has 0 aromatic carbocycles. The lowest BCUT2D eigenvalue weighted by molar-refractivity contribution is -0.132. The van der Waals surface area contributed by atoms with E-state index < -0.39 is 5.97 Å². The third-order valence-electron chi connectivity index (χ3n) is 2.81. The predicted molar refractivity (Wildman–Crippen MR) is 59.6 cm³/mol. The van der Waals surface area contributed by atoms with Gasteiger partial charge in [-0.3, -0.25) is 9.48 Å². The molecule has 0 spiro atoms. The van der Waals surface area contributed by atoms with Crippen LogP contribution < -0.4 is 0 Å². The van der Waals surface area contributed by atoms with E-state index in [1.807, 2.05) is 11.8 Å². The van der Waals surface area contributed by atoms with Crippen molar-refractivity contribution >= 4 is 11.9 Å². The molecule has 1 aromatic heterocycles. The van der Waals surface area contributed by atoms with Crippen LogP contribution in [-0.4, -0.2) is 44.3 Å². The maximum atomic E-state index is 11.9. The second kappa shape index (κ2) is 4.57. The van der Waals surface area contributed by atoms with Crippen LogP contribution >= 0.6 is 0 Å². The molecule has 1 aliphatic rings. The first-order valence-electron chi connectivity index (χ1n) is 5.68. The van der Waals surface area contributed by atoms with Crippen molar-refractivity contribution in [2.45, 2.75) is 32.4 Å². The Bertz CT molecular complexity index is 437. The molecule has 1 amide bonds. The fourth-order valence-electron chi connectivity index (χ4n) is 1.82. The molecular formula is C11H15N3O3. The summed E-state index contributed by atoms with van der Waals surface area (Å²) in [7, 11) is 0. The Labute approximate surface area is 98.8 Å². The first-order chi connectivity index (χ1) is 8.11. The first-order valence-corrected chi connectivity index (χ1v) is 5.68. The fourth-order valence-corrected chi connectivity index (χ4v) is 1.82. The summed E-state index contributed by atoms with van der Waals surface area (Å²) in [4.78, 5) is 24.4. The summed E-state index contributed by atoms with van der Waals surface area (Å²) in [6.07, 6.45) is 3.65. The minimum Gasteiger partial charge on any atom is -0.476 e. The van der Waals surface area contributed by atoms with Gasteiger partial charge in [0.2, 0.25) is 5.91 Å². The fraction of sp³-hybridized carbons (Fsp3) is 0.545. The SMILES string of the molecule is CCN(C(=O)Cn1ccc(C(=O)O)n1)C1CC1. The summed E-state index contributed by atoms with van der Waals surface area (Å²) in [5.41, 5.74) is -0.0349. The van der Waals surface area contributed by atoms with Crippen LogP contribution in [0.15, 0.2) is 12.3 Å². The number of rotatable bonds is 5. The molecular weight excluding hydrogens is 222 g/mol. The third-order valence-corrected chi connectivity index (χ3v) is 2.81. The van der Waals surface area contributed by atoms with Crippen molar-refractivity contribution in [2.75, 3.05) is 6.54 Å². The molecule has 0 atom stereocenters.